The van der Waals surface area contributed by atoms with Crippen molar-refractivity contribution in [3.63, 3.8) is 0 Å². The van der Waals surface area contributed by atoms with E-state index in [0.29, 0.717) is 36.1 Å². The first-order valence-electron chi connectivity index (χ1n) is 8.64. The van der Waals surface area contributed by atoms with Crippen LogP contribution >= 0.6 is 11.3 Å². The molecule has 1 atom stereocenters. The van der Waals surface area contributed by atoms with Gasteiger partial charge in [0.15, 0.2) is 16.6 Å². The van der Waals surface area contributed by atoms with Crippen LogP contribution in [0.3, 0.4) is 0 Å². The number of oxazole rings is 1. The van der Waals surface area contributed by atoms with Crippen LogP contribution < -0.4 is 10.2 Å². The van der Waals surface area contributed by atoms with Crippen molar-refractivity contribution in [1.29, 1.82) is 0 Å². The van der Waals surface area contributed by atoms with Gasteiger partial charge in [0.05, 0.1) is 12.6 Å². The molecule has 0 saturated carbocycles. The molecule has 1 N–H and O–H groups in total. The number of anilines is 1. The Kier molecular flexibility index (Phi) is 4.87. The number of fused-ring (bicyclic) bond motifs is 1. The van der Waals surface area contributed by atoms with Gasteiger partial charge in [-0.25, -0.2) is 9.97 Å². The predicted molar refractivity (Wildman–Crippen MR) is 102 cm³/mol. The van der Waals surface area contributed by atoms with Crippen molar-refractivity contribution in [2.24, 2.45) is 0 Å². The number of nitrogens with zero attached hydrogens (tertiary/aromatic N) is 4. The van der Waals surface area contributed by atoms with Crippen LogP contribution in [0.4, 0.5) is 5.13 Å². The van der Waals surface area contributed by atoms with Crippen LogP contribution in [-0.4, -0.2) is 59.4 Å². The van der Waals surface area contributed by atoms with Gasteiger partial charge in [0.1, 0.15) is 5.52 Å². The Morgan fingerprint density at radius 3 is 3.07 bits per heavy atom. The normalized spacial score (nSPS) is 17.8. The van der Waals surface area contributed by atoms with Crippen molar-refractivity contribution in [3.8, 4) is 0 Å². The standard InChI is InChI=1S/C18H19N5O3S/c1-22(18-20-7-9-27-18)16(24)11-23-8-6-19-17(25)13(23)10-15-21-12-4-2-3-5-14(12)26-15/h2-5,7,9,13H,6,8,10-11H2,1H3,(H,19,25). The van der Waals surface area contributed by atoms with Crippen molar-refractivity contribution in [3.05, 3.63) is 41.7 Å². The molecule has 1 aliphatic rings. The molecule has 8 nitrogen and oxygen atoms in total. The molecule has 0 aliphatic carbocycles. The van der Waals surface area contributed by atoms with E-state index in [1.807, 2.05) is 34.5 Å². The Morgan fingerprint density at radius 1 is 1.44 bits per heavy atom. The molecule has 3 aromatic rings. The number of carbonyl (C=O) groups is 2. The maximum atomic E-state index is 12.6. The van der Waals surface area contributed by atoms with E-state index in [2.05, 4.69) is 15.3 Å². The van der Waals surface area contributed by atoms with Gasteiger partial charge in [-0.1, -0.05) is 12.1 Å². The van der Waals surface area contributed by atoms with Gasteiger partial charge in [-0.15, -0.1) is 11.3 Å². The highest BCUT2D eigenvalue weighted by Gasteiger charge is 2.33. The summed E-state index contributed by atoms with van der Waals surface area (Å²) >= 11 is 1.40. The summed E-state index contributed by atoms with van der Waals surface area (Å²) in [5.41, 5.74) is 1.45. The number of nitrogens with one attached hydrogen (secondary N) is 1. The van der Waals surface area contributed by atoms with E-state index in [1.54, 1.807) is 13.2 Å². The van der Waals surface area contributed by atoms with Crippen molar-refractivity contribution >= 4 is 39.4 Å². The summed E-state index contributed by atoms with van der Waals surface area (Å²) < 4.78 is 5.76. The number of rotatable bonds is 5. The van der Waals surface area contributed by atoms with E-state index in [1.165, 1.54) is 16.2 Å². The molecule has 1 unspecified atom stereocenters. The fourth-order valence-corrected chi connectivity index (χ4v) is 3.74. The maximum Gasteiger partial charge on any atom is 0.242 e. The van der Waals surface area contributed by atoms with Crippen molar-refractivity contribution in [1.82, 2.24) is 20.2 Å². The second-order valence-electron chi connectivity index (χ2n) is 6.32. The lowest BCUT2D eigenvalue weighted by Gasteiger charge is -2.34. The Hall–Kier alpha value is -2.78. The topological polar surface area (TPSA) is 91.6 Å². The third-order valence-electron chi connectivity index (χ3n) is 4.57. The first-order chi connectivity index (χ1) is 13.1. The number of aromatic nitrogens is 2. The lowest BCUT2D eigenvalue weighted by Crippen LogP contribution is -2.58. The molecule has 140 valence electrons. The van der Waals surface area contributed by atoms with E-state index in [9.17, 15) is 9.59 Å². The second-order valence-corrected chi connectivity index (χ2v) is 7.20. The number of hydrogen-bond acceptors (Lipinski definition) is 7. The molecule has 4 rings (SSSR count). The molecule has 0 bridgehead atoms. The SMILES string of the molecule is CN(C(=O)CN1CCNC(=O)C1Cc1nc2ccccc2o1)c1nccs1. The van der Waals surface area contributed by atoms with E-state index < -0.39 is 6.04 Å². The Bertz CT molecular complexity index is 922. The molecule has 9 heteroatoms. The molecule has 1 fully saturated rings. The van der Waals surface area contributed by atoms with E-state index in [0.717, 1.165) is 5.52 Å². The molecule has 1 aliphatic heterocycles. The summed E-state index contributed by atoms with van der Waals surface area (Å²) in [7, 11) is 1.70. The molecule has 27 heavy (non-hydrogen) atoms. The zero-order valence-corrected chi connectivity index (χ0v) is 15.6. The summed E-state index contributed by atoms with van der Waals surface area (Å²) in [6, 6.07) is 6.98. The fraction of sp³-hybridized carbons (Fsp3) is 0.333. The number of hydrogen-bond donors (Lipinski definition) is 1. The highest BCUT2D eigenvalue weighted by atomic mass is 32.1. The summed E-state index contributed by atoms with van der Waals surface area (Å²) in [5.74, 6) is 0.263. The molecule has 3 heterocycles. The fourth-order valence-electron chi connectivity index (χ4n) is 3.11. The minimum absolute atomic E-state index is 0.109. The van der Waals surface area contributed by atoms with Gasteiger partial charge in [0.2, 0.25) is 11.8 Å². The molecule has 1 saturated heterocycles. The number of amides is 2. The number of para-hydroxylation sites is 2. The largest absolute Gasteiger partial charge is 0.441 e. The third-order valence-corrected chi connectivity index (χ3v) is 5.41. The zero-order chi connectivity index (χ0) is 18.8. The second kappa shape index (κ2) is 7.45. The quantitative estimate of drug-likeness (QED) is 0.712. The van der Waals surface area contributed by atoms with E-state index in [4.69, 9.17) is 4.42 Å². The number of thiazole rings is 1. The van der Waals surface area contributed by atoms with Gasteiger partial charge >= 0.3 is 0 Å². The maximum absolute atomic E-state index is 12.6. The van der Waals surface area contributed by atoms with Crippen molar-refractivity contribution in [2.75, 3.05) is 31.6 Å². The lowest BCUT2D eigenvalue weighted by atomic mass is 10.1. The smallest absolute Gasteiger partial charge is 0.242 e. The summed E-state index contributed by atoms with van der Waals surface area (Å²) in [4.78, 5) is 37.1. The number of carbonyl (C=O) groups excluding carboxylic acids is 2. The van der Waals surface area contributed by atoms with Crippen LogP contribution in [0.5, 0.6) is 0 Å². The summed E-state index contributed by atoms with van der Waals surface area (Å²) in [6.45, 7) is 1.24. The molecule has 2 aromatic heterocycles. The first-order valence-corrected chi connectivity index (χ1v) is 9.52. The monoisotopic (exact) mass is 385 g/mol. The van der Waals surface area contributed by atoms with Crippen LogP contribution in [0.25, 0.3) is 11.1 Å². The highest BCUT2D eigenvalue weighted by Crippen LogP contribution is 2.19. The Morgan fingerprint density at radius 2 is 2.30 bits per heavy atom. The van der Waals surface area contributed by atoms with Gasteiger partial charge < -0.3 is 9.73 Å². The number of piperazine rings is 1. The van der Waals surface area contributed by atoms with Gasteiger partial charge in [0, 0.05) is 38.1 Å². The molecule has 0 spiro atoms. The van der Waals surface area contributed by atoms with Crippen molar-refractivity contribution < 1.29 is 14.0 Å². The van der Waals surface area contributed by atoms with Crippen LogP contribution in [0, 0.1) is 0 Å². The molecule has 2 amide bonds. The van der Waals surface area contributed by atoms with Crippen LogP contribution in [0.15, 0.2) is 40.3 Å². The lowest BCUT2D eigenvalue weighted by molar-refractivity contribution is -0.131. The predicted octanol–water partition coefficient (Wildman–Crippen LogP) is 1.29. The van der Waals surface area contributed by atoms with E-state index in [-0.39, 0.29) is 18.4 Å². The average molecular weight is 385 g/mol. The van der Waals surface area contributed by atoms with Gasteiger partial charge in [-0.05, 0) is 12.1 Å². The van der Waals surface area contributed by atoms with Crippen LogP contribution in [0.2, 0.25) is 0 Å². The minimum atomic E-state index is -0.500. The summed E-state index contributed by atoms with van der Waals surface area (Å²) in [5, 5.41) is 5.32. The van der Waals surface area contributed by atoms with E-state index >= 15 is 0 Å². The van der Waals surface area contributed by atoms with Crippen LogP contribution in [-0.2, 0) is 16.0 Å². The van der Waals surface area contributed by atoms with Crippen LogP contribution in [0.1, 0.15) is 5.89 Å². The van der Waals surface area contributed by atoms with Crippen molar-refractivity contribution in [2.45, 2.75) is 12.5 Å². The first kappa shape index (κ1) is 17.6. The number of benzene rings is 1. The van der Waals surface area contributed by atoms with Gasteiger partial charge in [-0.3, -0.25) is 19.4 Å². The van der Waals surface area contributed by atoms with Gasteiger partial charge in [0.25, 0.3) is 0 Å². The molecule has 0 radical (unpaired) electrons. The summed E-state index contributed by atoms with van der Waals surface area (Å²) in [6.07, 6.45) is 1.98. The number of likely N-dealkylation sites (N-methyl/N-ethyl adjacent to an activating group) is 1. The molecule has 1 aromatic carbocycles. The third kappa shape index (κ3) is 3.69. The molecular formula is C18H19N5O3S. The Balaban J connectivity index is 1.50. The molecular weight excluding hydrogens is 366 g/mol. The average Bonchev–Trinajstić information content (AvgIpc) is 3.33. The highest BCUT2D eigenvalue weighted by molar-refractivity contribution is 7.13. The minimum Gasteiger partial charge on any atom is -0.441 e. The Labute approximate surface area is 159 Å². The van der Waals surface area contributed by atoms with Gasteiger partial charge in [-0.2, -0.15) is 0 Å². The zero-order valence-electron chi connectivity index (χ0n) is 14.8.